The van der Waals surface area contributed by atoms with Crippen LogP contribution in [0.1, 0.15) is 21.6 Å². The van der Waals surface area contributed by atoms with Crippen LogP contribution in [0.2, 0.25) is 0 Å². The summed E-state index contributed by atoms with van der Waals surface area (Å²) in [4.78, 5) is 28.5. The van der Waals surface area contributed by atoms with Gasteiger partial charge >= 0.3 is 0 Å². The standard InChI is InChI=1S/C20H19FN4O2/c1-13-4-3-5-17(14(13)2)24-19(26)11-23-20(27)18-10-22-12-25(18)16-8-6-15(21)7-9-16/h3-10,12H,11H2,1-2H3,(H,23,27)(H,24,26). The molecule has 1 heterocycles. The first-order valence-corrected chi connectivity index (χ1v) is 8.38. The van der Waals surface area contributed by atoms with E-state index >= 15 is 0 Å². The number of benzene rings is 2. The normalized spacial score (nSPS) is 10.5. The molecule has 2 aromatic carbocycles. The second-order valence-corrected chi connectivity index (χ2v) is 6.10. The molecule has 0 aliphatic carbocycles. The van der Waals surface area contributed by atoms with Crippen LogP contribution >= 0.6 is 0 Å². The molecule has 0 unspecified atom stereocenters. The van der Waals surface area contributed by atoms with E-state index in [0.717, 1.165) is 11.1 Å². The molecule has 0 bridgehead atoms. The maximum Gasteiger partial charge on any atom is 0.270 e. The fraction of sp³-hybridized carbons (Fsp3) is 0.150. The van der Waals surface area contributed by atoms with Crippen LogP contribution in [0.25, 0.3) is 5.69 Å². The number of carbonyl (C=O) groups excluding carboxylic acids is 2. The number of aryl methyl sites for hydroxylation is 1. The molecule has 0 saturated carbocycles. The molecule has 1 aromatic heterocycles. The topological polar surface area (TPSA) is 76.0 Å². The number of carbonyl (C=O) groups is 2. The van der Waals surface area contributed by atoms with Crippen molar-refractivity contribution in [1.82, 2.24) is 14.9 Å². The second-order valence-electron chi connectivity index (χ2n) is 6.10. The lowest BCUT2D eigenvalue weighted by molar-refractivity contribution is -0.115. The Bertz CT molecular complexity index is 980. The first-order chi connectivity index (χ1) is 13.0. The molecule has 138 valence electrons. The number of halogens is 1. The predicted octanol–water partition coefficient (Wildman–Crippen LogP) is 3.00. The van der Waals surface area contributed by atoms with Crippen LogP contribution in [0.4, 0.5) is 10.1 Å². The molecule has 7 heteroatoms. The van der Waals surface area contributed by atoms with E-state index in [9.17, 15) is 14.0 Å². The number of nitrogens with zero attached hydrogens (tertiary/aromatic N) is 2. The Morgan fingerprint density at radius 3 is 2.59 bits per heavy atom. The molecule has 6 nitrogen and oxygen atoms in total. The molecule has 27 heavy (non-hydrogen) atoms. The van der Waals surface area contributed by atoms with E-state index in [-0.39, 0.29) is 24.0 Å². The van der Waals surface area contributed by atoms with Gasteiger partial charge in [-0.3, -0.25) is 14.2 Å². The SMILES string of the molecule is Cc1cccc(NC(=O)CNC(=O)c2cncn2-c2ccc(F)cc2)c1C. The molecule has 2 amide bonds. The largest absolute Gasteiger partial charge is 0.342 e. The zero-order valence-electron chi connectivity index (χ0n) is 15.0. The minimum absolute atomic E-state index is 0.180. The first-order valence-electron chi connectivity index (χ1n) is 8.38. The number of amides is 2. The van der Waals surface area contributed by atoms with E-state index in [0.29, 0.717) is 11.4 Å². The highest BCUT2D eigenvalue weighted by molar-refractivity contribution is 5.99. The molecule has 0 radical (unpaired) electrons. The quantitative estimate of drug-likeness (QED) is 0.729. The van der Waals surface area contributed by atoms with Gasteiger partial charge in [-0.2, -0.15) is 0 Å². The van der Waals surface area contributed by atoms with Crippen molar-refractivity contribution >= 4 is 17.5 Å². The number of nitrogens with one attached hydrogen (secondary N) is 2. The minimum atomic E-state index is -0.451. The Balaban J connectivity index is 1.65. The van der Waals surface area contributed by atoms with Crippen molar-refractivity contribution < 1.29 is 14.0 Å². The van der Waals surface area contributed by atoms with Crippen LogP contribution in [0.3, 0.4) is 0 Å². The van der Waals surface area contributed by atoms with Crippen LogP contribution in [0.15, 0.2) is 55.0 Å². The molecule has 3 aromatic rings. The number of hydrogen-bond acceptors (Lipinski definition) is 3. The van der Waals surface area contributed by atoms with Gasteiger partial charge in [-0.15, -0.1) is 0 Å². The average Bonchev–Trinajstić information content (AvgIpc) is 3.14. The smallest absolute Gasteiger partial charge is 0.270 e. The van der Waals surface area contributed by atoms with E-state index in [1.54, 1.807) is 12.1 Å². The van der Waals surface area contributed by atoms with E-state index in [4.69, 9.17) is 0 Å². The van der Waals surface area contributed by atoms with Gasteiger partial charge in [0.1, 0.15) is 11.5 Å². The van der Waals surface area contributed by atoms with Crippen LogP contribution in [-0.4, -0.2) is 27.9 Å². The lowest BCUT2D eigenvalue weighted by atomic mass is 10.1. The van der Waals surface area contributed by atoms with Crippen molar-refractivity contribution in [2.24, 2.45) is 0 Å². The van der Waals surface area contributed by atoms with Gasteiger partial charge in [-0.1, -0.05) is 12.1 Å². The predicted molar refractivity (Wildman–Crippen MR) is 100 cm³/mol. The highest BCUT2D eigenvalue weighted by atomic mass is 19.1. The Kier molecular flexibility index (Phi) is 5.30. The summed E-state index contributed by atoms with van der Waals surface area (Å²) in [6.45, 7) is 3.70. The van der Waals surface area contributed by atoms with Gasteiger partial charge in [-0.25, -0.2) is 9.37 Å². The van der Waals surface area contributed by atoms with E-state index in [2.05, 4.69) is 15.6 Å². The van der Waals surface area contributed by atoms with E-state index in [1.807, 2.05) is 32.0 Å². The highest BCUT2D eigenvalue weighted by Gasteiger charge is 2.14. The van der Waals surface area contributed by atoms with Gasteiger partial charge in [0.05, 0.1) is 19.1 Å². The van der Waals surface area contributed by atoms with Crippen molar-refractivity contribution in [3.63, 3.8) is 0 Å². The zero-order chi connectivity index (χ0) is 19.4. The maximum absolute atomic E-state index is 13.1. The molecule has 0 aliphatic rings. The van der Waals surface area contributed by atoms with Crippen molar-refractivity contribution in [3.05, 3.63) is 77.6 Å². The van der Waals surface area contributed by atoms with Crippen LogP contribution in [-0.2, 0) is 4.79 Å². The number of aromatic nitrogens is 2. The monoisotopic (exact) mass is 366 g/mol. The van der Waals surface area contributed by atoms with Crippen LogP contribution < -0.4 is 10.6 Å². The van der Waals surface area contributed by atoms with Crippen molar-refractivity contribution in [2.75, 3.05) is 11.9 Å². The lowest BCUT2D eigenvalue weighted by Gasteiger charge is -2.11. The third-order valence-electron chi connectivity index (χ3n) is 4.26. The molecule has 0 aliphatic heterocycles. The molecule has 0 saturated heterocycles. The summed E-state index contributed by atoms with van der Waals surface area (Å²) < 4.78 is 14.6. The Morgan fingerprint density at radius 2 is 1.85 bits per heavy atom. The fourth-order valence-electron chi connectivity index (χ4n) is 2.60. The Hall–Kier alpha value is -3.48. The summed E-state index contributed by atoms with van der Waals surface area (Å²) >= 11 is 0. The number of rotatable bonds is 5. The van der Waals surface area contributed by atoms with E-state index < -0.39 is 5.91 Å². The second kappa shape index (κ2) is 7.82. The van der Waals surface area contributed by atoms with Crippen molar-refractivity contribution in [3.8, 4) is 5.69 Å². The summed E-state index contributed by atoms with van der Waals surface area (Å²) in [6, 6.07) is 11.3. The maximum atomic E-state index is 13.1. The summed E-state index contributed by atoms with van der Waals surface area (Å²) in [7, 11) is 0. The van der Waals surface area contributed by atoms with Crippen molar-refractivity contribution in [1.29, 1.82) is 0 Å². The summed E-state index contributed by atoms with van der Waals surface area (Å²) in [6.07, 6.45) is 2.85. The van der Waals surface area contributed by atoms with Gasteiger partial charge in [0.2, 0.25) is 5.91 Å². The molecular weight excluding hydrogens is 347 g/mol. The third-order valence-corrected chi connectivity index (χ3v) is 4.26. The van der Waals surface area contributed by atoms with E-state index in [1.165, 1.54) is 29.2 Å². The number of imidazole rings is 1. The van der Waals surface area contributed by atoms with Crippen LogP contribution in [0, 0.1) is 19.7 Å². The fourth-order valence-corrected chi connectivity index (χ4v) is 2.60. The van der Waals surface area contributed by atoms with Gasteiger partial charge in [0.25, 0.3) is 5.91 Å². The Morgan fingerprint density at radius 1 is 1.11 bits per heavy atom. The van der Waals surface area contributed by atoms with Crippen LogP contribution in [0.5, 0.6) is 0 Å². The molecule has 3 rings (SSSR count). The molecule has 0 spiro atoms. The average molecular weight is 366 g/mol. The third kappa shape index (κ3) is 4.20. The molecular formula is C20H19FN4O2. The summed E-state index contributed by atoms with van der Waals surface area (Å²) in [5, 5.41) is 5.36. The van der Waals surface area contributed by atoms with Gasteiger partial charge < -0.3 is 10.6 Å². The van der Waals surface area contributed by atoms with Gasteiger partial charge in [-0.05, 0) is 55.3 Å². The Labute approximate surface area is 156 Å². The molecule has 0 fully saturated rings. The number of hydrogen-bond donors (Lipinski definition) is 2. The van der Waals surface area contributed by atoms with Gasteiger partial charge in [0, 0.05) is 11.4 Å². The minimum Gasteiger partial charge on any atom is -0.342 e. The lowest BCUT2D eigenvalue weighted by Crippen LogP contribution is -2.34. The molecule has 0 atom stereocenters. The zero-order valence-corrected chi connectivity index (χ0v) is 15.0. The molecule has 2 N–H and O–H groups in total. The highest BCUT2D eigenvalue weighted by Crippen LogP contribution is 2.17. The first kappa shape index (κ1) is 18.3. The summed E-state index contributed by atoms with van der Waals surface area (Å²) in [5.74, 6) is -1.15. The summed E-state index contributed by atoms with van der Waals surface area (Å²) in [5.41, 5.74) is 3.61. The van der Waals surface area contributed by atoms with Gasteiger partial charge in [0.15, 0.2) is 0 Å². The van der Waals surface area contributed by atoms with Crippen molar-refractivity contribution in [2.45, 2.75) is 13.8 Å². The number of anilines is 1.